The molecular formula is C15H24N4O3S. The van der Waals surface area contributed by atoms with Gasteiger partial charge in [-0.15, -0.1) is 0 Å². The number of hydrogen-bond acceptors (Lipinski definition) is 4. The monoisotopic (exact) mass is 340 g/mol. The summed E-state index contributed by atoms with van der Waals surface area (Å²) in [6.45, 7) is 3.67. The van der Waals surface area contributed by atoms with E-state index in [0.29, 0.717) is 38.4 Å². The van der Waals surface area contributed by atoms with Crippen LogP contribution in [0.1, 0.15) is 31.5 Å². The number of rotatable bonds is 3. The molecule has 0 radical (unpaired) electrons. The first-order valence-corrected chi connectivity index (χ1v) is 9.62. The molecule has 1 saturated heterocycles. The van der Waals surface area contributed by atoms with E-state index in [1.54, 1.807) is 24.7 Å². The van der Waals surface area contributed by atoms with Gasteiger partial charge in [-0.3, -0.25) is 4.79 Å². The van der Waals surface area contributed by atoms with Gasteiger partial charge in [-0.1, -0.05) is 6.42 Å². The number of amides is 1. The van der Waals surface area contributed by atoms with E-state index in [4.69, 9.17) is 0 Å². The predicted molar refractivity (Wildman–Crippen MR) is 85.2 cm³/mol. The zero-order valence-corrected chi connectivity index (χ0v) is 14.5. The lowest BCUT2D eigenvalue weighted by Gasteiger charge is -2.30. The van der Waals surface area contributed by atoms with Crippen molar-refractivity contribution >= 4 is 15.9 Å². The molecule has 2 heterocycles. The van der Waals surface area contributed by atoms with Crippen LogP contribution in [-0.4, -0.2) is 59.3 Å². The number of aromatic nitrogens is 2. The number of aryl methyl sites for hydroxylation is 2. The number of imidazole rings is 1. The first kappa shape index (κ1) is 16.4. The highest BCUT2D eigenvalue weighted by molar-refractivity contribution is 7.89. The van der Waals surface area contributed by atoms with Gasteiger partial charge in [0.2, 0.25) is 5.91 Å². The average Bonchev–Trinajstić information content (AvgIpc) is 2.66. The molecule has 2 fully saturated rings. The Morgan fingerprint density at radius 2 is 1.91 bits per heavy atom. The van der Waals surface area contributed by atoms with Crippen molar-refractivity contribution < 1.29 is 13.2 Å². The van der Waals surface area contributed by atoms with Gasteiger partial charge in [-0.25, -0.2) is 13.4 Å². The van der Waals surface area contributed by atoms with Gasteiger partial charge in [-0.05, 0) is 26.2 Å². The van der Waals surface area contributed by atoms with E-state index in [-0.39, 0.29) is 16.9 Å². The average molecular weight is 340 g/mol. The van der Waals surface area contributed by atoms with Gasteiger partial charge in [0.15, 0.2) is 5.03 Å². The third kappa shape index (κ3) is 3.14. The Balaban J connectivity index is 1.70. The van der Waals surface area contributed by atoms with Crippen LogP contribution < -0.4 is 0 Å². The molecule has 3 rings (SSSR count). The van der Waals surface area contributed by atoms with Crippen LogP contribution in [0.25, 0.3) is 0 Å². The zero-order valence-electron chi connectivity index (χ0n) is 13.7. The second kappa shape index (κ2) is 6.24. The van der Waals surface area contributed by atoms with Crippen LogP contribution >= 0.6 is 0 Å². The maximum absolute atomic E-state index is 12.7. The molecule has 0 unspecified atom stereocenters. The Morgan fingerprint density at radius 3 is 2.48 bits per heavy atom. The first-order valence-electron chi connectivity index (χ1n) is 8.18. The second-order valence-corrected chi connectivity index (χ2v) is 8.33. The molecule has 1 saturated carbocycles. The highest BCUT2D eigenvalue weighted by Crippen LogP contribution is 2.28. The molecule has 0 spiro atoms. The summed E-state index contributed by atoms with van der Waals surface area (Å²) >= 11 is 0. The topological polar surface area (TPSA) is 75.5 Å². The molecule has 8 heteroatoms. The molecule has 1 aromatic rings. The van der Waals surface area contributed by atoms with Crippen molar-refractivity contribution in [2.45, 2.75) is 37.6 Å². The molecule has 1 aliphatic heterocycles. The molecule has 1 amide bonds. The summed E-state index contributed by atoms with van der Waals surface area (Å²) in [7, 11) is -1.80. The van der Waals surface area contributed by atoms with Crippen molar-refractivity contribution in [3.63, 3.8) is 0 Å². The molecule has 1 aromatic heterocycles. The summed E-state index contributed by atoms with van der Waals surface area (Å²) in [4.78, 5) is 18.3. The number of hydrogen-bond donors (Lipinski definition) is 0. The second-order valence-electron chi connectivity index (χ2n) is 6.45. The van der Waals surface area contributed by atoms with E-state index in [1.165, 1.54) is 4.31 Å². The minimum absolute atomic E-state index is 0.0938. The van der Waals surface area contributed by atoms with Crippen molar-refractivity contribution in [3.8, 4) is 0 Å². The normalized spacial score (nSPS) is 21.0. The highest BCUT2D eigenvalue weighted by atomic mass is 32.2. The van der Waals surface area contributed by atoms with Gasteiger partial charge in [0, 0.05) is 45.3 Å². The quantitative estimate of drug-likeness (QED) is 0.814. The van der Waals surface area contributed by atoms with Gasteiger partial charge in [0.1, 0.15) is 5.82 Å². The van der Waals surface area contributed by atoms with Gasteiger partial charge in [-0.2, -0.15) is 4.31 Å². The van der Waals surface area contributed by atoms with E-state index in [1.807, 2.05) is 4.90 Å². The van der Waals surface area contributed by atoms with Crippen LogP contribution in [0.4, 0.5) is 0 Å². The minimum atomic E-state index is -3.58. The molecule has 0 bridgehead atoms. The highest BCUT2D eigenvalue weighted by Gasteiger charge is 2.33. The van der Waals surface area contributed by atoms with E-state index < -0.39 is 10.0 Å². The van der Waals surface area contributed by atoms with E-state index in [9.17, 15) is 13.2 Å². The smallest absolute Gasteiger partial charge is 0.262 e. The summed E-state index contributed by atoms with van der Waals surface area (Å²) in [5.74, 6) is 1.03. The standard InChI is InChI=1S/C15H24N4O3S/c1-12-16-14(11-17(12)2)23(21,22)19-8-4-7-18(9-10-19)15(20)13-5-3-6-13/h11,13H,3-10H2,1-2H3. The third-order valence-corrected chi connectivity index (χ3v) is 6.68. The van der Waals surface area contributed by atoms with E-state index in [0.717, 1.165) is 19.3 Å². The van der Waals surface area contributed by atoms with E-state index in [2.05, 4.69) is 4.98 Å². The molecule has 0 atom stereocenters. The van der Waals surface area contributed by atoms with Gasteiger partial charge >= 0.3 is 0 Å². The number of nitrogens with zero attached hydrogens (tertiary/aromatic N) is 4. The Morgan fingerprint density at radius 1 is 1.17 bits per heavy atom. The summed E-state index contributed by atoms with van der Waals surface area (Å²) in [6.07, 6.45) is 5.30. The van der Waals surface area contributed by atoms with Crippen LogP contribution in [0.2, 0.25) is 0 Å². The van der Waals surface area contributed by atoms with Gasteiger partial charge in [0.05, 0.1) is 0 Å². The molecule has 1 aliphatic carbocycles. The SMILES string of the molecule is Cc1nc(S(=O)(=O)N2CCCN(C(=O)C3CCC3)CC2)cn1C. The Labute approximate surface area is 137 Å². The fourth-order valence-electron chi connectivity index (χ4n) is 3.05. The molecule has 23 heavy (non-hydrogen) atoms. The van der Waals surface area contributed by atoms with Gasteiger partial charge < -0.3 is 9.47 Å². The first-order chi connectivity index (χ1) is 10.9. The third-order valence-electron chi connectivity index (χ3n) is 4.91. The fourth-order valence-corrected chi connectivity index (χ4v) is 4.55. The van der Waals surface area contributed by atoms with Crippen molar-refractivity contribution in [2.75, 3.05) is 26.2 Å². The van der Waals surface area contributed by atoms with Crippen LogP contribution in [0.15, 0.2) is 11.2 Å². The van der Waals surface area contributed by atoms with Crippen molar-refractivity contribution in [1.29, 1.82) is 0 Å². The fraction of sp³-hybridized carbons (Fsp3) is 0.733. The summed E-state index contributed by atoms with van der Waals surface area (Å²) in [6, 6.07) is 0. The summed E-state index contributed by atoms with van der Waals surface area (Å²) < 4.78 is 28.6. The molecule has 128 valence electrons. The molecule has 2 aliphatic rings. The Bertz CT molecular complexity index is 674. The maximum atomic E-state index is 12.7. The van der Waals surface area contributed by atoms with Crippen LogP contribution in [0.3, 0.4) is 0 Å². The minimum Gasteiger partial charge on any atom is -0.341 e. The number of sulfonamides is 1. The lowest BCUT2D eigenvalue weighted by molar-refractivity contribution is -0.138. The van der Waals surface area contributed by atoms with Crippen LogP contribution in [-0.2, 0) is 21.9 Å². The van der Waals surface area contributed by atoms with Gasteiger partial charge in [0.25, 0.3) is 10.0 Å². The van der Waals surface area contributed by atoms with E-state index >= 15 is 0 Å². The number of carbonyl (C=O) groups is 1. The zero-order chi connectivity index (χ0) is 16.6. The molecular weight excluding hydrogens is 316 g/mol. The van der Waals surface area contributed by atoms with Crippen molar-refractivity contribution in [3.05, 3.63) is 12.0 Å². The molecule has 0 aromatic carbocycles. The lowest BCUT2D eigenvalue weighted by Crippen LogP contribution is -2.41. The maximum Gasteiger partial charge on any atom is 0.262 e. The van der Waals surface area contributed by atoms with Crippen molar-refractivity contribution in [1.82, 2.24) is 18.8 Å². The van der Waals surface area contributed by atoms with Crippen LogP contribution in [0.5, 0.6) is 0 Å². The van der Waals surface area contributed by atoms with Crippen molar-refractivity contribution in [2.24, 2.45) is 13.0 Å². The Hall–Kier alpha value is -1.41. The molecule has 0 N–H and O–H groups in total. The summed E-state index contributed by atoms with van der Waals surface area (Å²) in [5, 5.41) is 0.0938. The lowest BCUT2D eigenvalue weighted by atomic mass is 9.84. The number of carbonyl (C=O) groups excluding carboxylic acids is 1. The summed E-state index contributed by atoms with van der Waals surface area (Å²) in [5.41, 5.74) is 0. The molecule has 7 nitrogen and oxygen atoms in total. The van der Waals surface area contributed by atoms with Crippen LogP contribution in [0, 0.1) is 12.8 Å². The largest absolute Gasteiger partial charge is 0.341 e. The Kier molecular flexibility index (Phi) is 4.46. The predicted octanol–water partition coefficient (Wildman–Crippen LogP) is 0.752.